The molecule has 4 heteroatoms. The van der Waals surface area contributed by atoms with Crippen LogP contribution < -0.4 is 5.73 Å². The van der Waals surface area contributed by atoms with E-state index in [9.17, 15) is 0 Å². The van der Waals surface area contributed by atoms with Crippen LogP contribution >= 0.6 is 0 Å². The molecule has 1 atom stereocenters. The molecule has 2 aromatic rings. The largest absolute Gasteiger partial charge is 0.508 e. The number of phenols is 1. The Labute approximate surface area is 75.0 Å². The zero-order valence-electron chi connectivity index (χ0n) is 7.19. The fourth-order valence-corrected chi connectivity index (χ4v) is 1.13. The fraction of sp³-hybridized carbons (Fsp3) is 0.222. The molecule has 0 aliphatic heterocycles. The maximum absolute atomic E-state index is 9.16. The lowest BCUT2D eigenvalue weighted by Crippen LogP contribution is -2.04. The minimum atomic E-state index is -0.227. The van der Waals surface area contributed by atoms with E-state index >= 15 is 0 Å². The fourth-order valence-electron chi connectivity index (χ4n) is 1.13. The molecule has 0 aliphatic rings. The van der Waals surface area contributed by atoms with Crippen molar-refractivity contribution in [2.45, 2.75) is 13.0 Å². The van der Waals surface area contributed by atoms with E-state index in [0.717, 1.165) is 0 Å². The number of nitrogens with zero attached hydrogens (tertiary/aromatic N) is 1. The van der Waals surface area contributed by atoms with E-state index in [0.29, 0.717) is 17.0 Å². The quantitative estimate of drug-likeness (QED) is 0.694. The molecule has 0 fully saturated rings. The SMILES string of the molecule is C[C@H](N)c1nc2ccc(O)cc2o1. The van der Waals surface area contributed by atoms with Crippen LogP contribution in [0.1, 0.15) is 18.9 Å². The van der Waals surface area contributed by atoms with Crippen LogP contribution in [-0.4, -0.2) is 10.1 Å². The molecule has 0 saturated carbocycles. The normalized spacial score (nSPS) is 13.4. The second kappa shape index (κ2) is 2.74. The number of nitrogens with two attached hydrogens (primary N) is 1. The van der Waals surface area contributed by atoms with Gasteiger partial charge in [-0.15, -0.1) is 0 Å². The molecule has 0 bridgehead atoms. The molecule has 0 saturated heterocycles. The van der Waals surface area contributed by atoms with Gasteiger partial charge in [-0.05, 0) is 19.1 Å². The highest BCUT2D eigenvalue weighted by molar-refractivity contribution is 5.74. The summed E-state index contributed by atoms with van der Waals surface area (Å²) in [5.74, 6) is 0.653. The number of phenolic OH excluding ortho intramolecular Hbond substituents is 1. The van der Waals surface area contributed by atoms with Crippen molar-refractivity contribution >= 4 is 11.1 Å². The summed E-state index contributed by atoms with van der Waals surface area (Å²) in [6.45, 7) is 1.80. The standard InChI is InChI=1S/C9H10N2O2/c1-5(10)9-11-7-3-2-6(12)4-8(7)13-9/h2-5,12H,10H2,1H3/t5-/m0/s1. The van der Waals surface area contributed by atoms with Gasteiger partial charge in [-0.3, -0.25) is 0 Å². The van der Waals surface area contributed by atoms with Crippen molar-refractivity contribution in [3.05, 3.63) is 24.1 Å². The van der Waals surface area contributed by atoms with Gasteiger partial charge in [-0.1, -0.05) is 0 Å². The highest BCUT2D eigenvalue weighted by Gasteiger charge is 2.09. The van der Waals surface area contributed by atoms with Crippen LogP contribution in [0.5, 0.6) is 5.75 Å². The van der Waals surface area contributed by atoms with Crippen LogP contribution in [-0.2, 0) is 0 Å². The Morgan fingerprint density at radius 1 is 1.54 bits per heavy atom. The number of oxazole rings is 1. The van der Waals surface area contributed by atoms with Crippen molar-refractivity contribution < 1.29 is 9.52 Å². The van der Waals surface area contributed by atoms with Gasteiger partial charge in [0.25, 0.3) is 0 Å². The van der Waals surface area contributed by atoms with Gasteiger partial charge < -0.3 is 15.3 Å². The molecule has 0 spiro atoms. The summed E-state index contributed by atoms with van der Waals surface area (Å²) >= 11 is 0. The lowest BCUT2D eigenvalue weighted by atomic mass is 10.3. The van der Waals surface area contributed by atoms with Crippen LogP contribution in [0.25, 0.3) is 11.1 Å². The van der Waals surface area contributed by atoms with Crippen LogP contribution in [0.15, 0.2) is 22.6 Å². The first-order valence-corrected chi connectivity index (χ1v) is 4.02. The van der Waals surface area contributed by atoms with Gasteiger partial charge in [0.15, 0.2) is 5.58 Å². The minimum Gasteiger partial charge on any atom is -0.508 e. The number of rotatable bonds is 1. The molecule has 68 valence electrons. The van der Waals surface area contributed by atoms with Crippen molar-refractivity contribution in [3.8, 4) is 5.75 Å². The van der Waals surface area contributed by atoms with E-state index in [2.05, 4.69) is 4.98 Å². The van der Waals surface area contributed by atoms with Gasteiger partial charge >= 0.3 is 0 Å². The Kier molecular flexibility index (Phi) is 1.70. The molecular weight excluding hydrogens is 168 g/mol. The summed E-state index contributed by atoms with van der Waals surface area (Å²) in [4.78, 5) is 4.15. The average molecular weight is 178 g/mol. The minimum absolute atomic E-state index is 0.167. The molecule has 0 radical (unpaired) electrons. The van der Waals surface area contributed by atoms with E-state index in [1.165, 1.54) is 6.07 Å². The van der Waals surface area contributed by atoms with Crippen molar-refractivity contribution in [1.82, 2.24) is 4.98 Å². The maximum atomic E-state index is 9.16. The van der Waals surface area contributed by atoms with Crippen LogP contribution in [0.4, 0.5) is 0 Å². The van der Waals surface area contributed by atoms with Gasteiger partial charge in [0.1, 0.15) is 11.3 Å². The third kappa shape index (κ3) is 1.36. The summed E-state index contributed by atoms with van der Waals surface area (Å²) < 4.78 is 5.31. The van der Waals surface area contributed by atoms with Crippen LogP contribution in [0.2, 0.25) is 0 Å². The molecule has 2 rings (SSSR count). The third-order valence-corrected chi connectivity index (χ3v) is 1.78. The van der Waals surface area contributed by atoms with Gasteiger partial charge in [-0.25, -0.2) is 4.98 Å². The van der Waals surface area contributed by atoms with Crippen molar-refractivity contribution in [1.29, 1.82) is 0 Å². The van der Waals surface area contributed by atoms with E-state index < -0.39 is 0 Å². The molecular formula is C9H10N2O2. The third-order valence-electron chi connectivity index (χ3n) is 1.78. The zero-order chi connectivity index (χ0) is 9.42. The van der Waals surface area contributed by atoms with Crippen LogP contribution in [0, 0.1) is 0 Å². The first-order chi connectivity index (χ1) is 6.16. The Morgan fingerprint density at radius 3 is 3.00 bits per heavy atom. The molecule has 1 heterocycles. The molecule has 1 aromatic carbocycles. The number of aromatic hydroxyl groups is 1. The van der Waals surface area contributed by atoms with Crippen molar-refractivity contribution in [2.24, 2.45) is 5.73 Å². The van der Waals surface area contributed by atoms with Crippen LogP contribution in [0.3, 0.4) is 0 Å². The summed E-state index contributed by atoms with van der Waals surface area (Å²) in [6.07, 6.45) is 0. The molecule has 0 aliphatic carbocycles. The average Bonchev–Trinajstić information content (AvgIpc) is 2.46. The summed E-state index contributed by atoms with van der Waals surface area (Å²) in [5, 5.41) is 9.16. The van der Waals surface area contributed by atoms with Gasteiger partial charge in [0, 0.05) is 6.07 Å². The molecule has 4 nitrogen and oxygen atoms in total. The van der Waals surface area contributed by atoms with Gasteiger partial charge in [0.05, 0.1) is 6.04 Å². The summed E-state index contributed by atoms with van der Waals surface area (Å²) in [6, 6.07) is 4.55. The molecule has 0 amide bonds. The van der Waals surface area contributed by atoms with Gasteiger partial charge in [-0.2, -0.15) is 0 Å². The zero-order valence-corrected chi connectivity index (χ0v) is 7.19. The molecule has 1 aromatic heterocycles. The Morgan fingerprint density at radius 2 is 2.31 bits per heavy atom. The molecule has 0 unspecified atom stereocenters. The highest BCUT2D eigenvalue weighted by atomic mass is 16.4. The molecule has 3 N–H and O–H groups in total. The first kappa shape index (κ1) is 8.07. The first-order valence-electron chi connectivity index (χ1n) is 4.02. The van der Waals surface area contributed by atoms with Crippen molar-refractivity contribution in [2.75, 3.05) is 0 Å². The van der Waals surface area contributed by atoms with Crippen molar-refractivity contribution in [3.63, 3.8) is 0 Å². The summed E-state index contributed by atoms with van der Waals surface area (Å²) in [7, 11) is 0. The molecule has 13 heavy (non-hydrogen) atoms. The number of fused-ring (bicyclic) bond motifs is 1. The lowest BCUT2D eigenvalue weighted by Gasteiger charge is -1.94. The monoisotopic (exact) mass is 178 g/mol. The summed E-state index contributed by atoms with van der Waals surface area (Å²) in [5.41, 5.74) is 6.87. The number of hydrogen-bond acceptors (Lipinski definition) is 4. The van der Waals surface area contributed by atoms with E-state index in [1.807, 2.05) is 0 Å². The number of benzene rings is 1. The topological polar surface area (TPSA) is 72.3 Å². The van der Waals surface area contributed by atoms with Gasteiger partial charge in [0.2, 0.25) is 5.89 Å². The smallest absolute Gasteiger partial charge is 0.212 e. The van der Waals surface area contributed by atoms with E-state index in [-0.39, 0.29) is 11.8 Å². The number of aromatic nitrogens is 1. The maximum Gasteiger partial charge on any atom is 0.212 e. The van der Waals surface area contributed by atoms with E-state index in [1.54, 1.807) is 19.1 Å². The predicted molar refractivity (Wildman–Crippen MR) is 48.3 cm³/mol. The second-order valence-corrected chi connectivity index (χ2v) is 2.99. The highest BCUT2D eigenvalue weighted by Crippen LogP contribution is 2.22. The Bertz CT molecular complexity index is 434. The Hall–Kier alpha value is -1.55. The second-order valence-electron chi connectivity index (χ2n) is 2.99. The predicted octanol–water partition coefficient (Wildman–Crippen LogP) is 1.55. The Balaban J connectivity index is 2.62. The van der Waals surface area contributed by atoms with E-state index in [4.69, 9.17) is 15.3 Å². The number of hydrogen-bond donors (Lipinski definition) is 2. The lowest BCUT2D eigenvalue weighted by molar-refractivity contribution is 0.469.